The van der Waals surface area contributed by atoms with E-state index in [-0.39, 0.29) is 0 Å². The number of thiol groups is 1. The number of hydrogen-bond donors (Lipinski definition) is 1. The lowest BCUT2D eigenvalue weighted by Crippen LogP contribution is -1.99. The molecule has 0 aliphatic rings. The van der Waals surface area contributed by atoms with Crippen molar-refractivity contribution < 1.29 is 13.9 Å². The summed E-state index contributed by atoms with van der Waals surface area (Å²) in [5.41, 5.74) is 1.10. The Morgan fingerprint density at radius 1 is 1.19 bits per heavy atom. The van der Waals surface area contributed by atoms with Crippen molar-refractivity contribution in [3.8, 4) is 17.2 Å². The number of rotatable bonds is 6. The Labute approximate surface area is 105 Å². The SMILES string of the molecule is COc1c(CCCS)ccc(O[Si])c1OC. The summed E-state index contributed by atoms with van der Waals surface area (Å²) in [5, 5.41) is 0. The van der Waals surface area contributed by atoms with E-state index >= 15 is 0 Å². The van der Waals surface area contributed by atoms with Crippen molar-refractivity contribution in [2.75, 3.05) is 20.0 Å². The smallest absolute Gasteiger partial charge is 0.341 e. The zero-order valence-electron chi connectivity index (χ0n) is 9.45. The summed E-state index contributed by atoms with van der Waals surface area (Å²) in [6.45, 7) is 0. The summed E-state index contributed by atoms with van der Waals surface area (Å²) in [7, 11) is 6.21. The van der Waals surface area contributed by atoms with E-state index in [0.717, 1.165) is 29.9 Å². The van der Waals surface area contributed by atoms with Crippen molar-refractivity contribution in [1.29, 1.82) is 0 Å². The van der Waals surface area contributed by atoms with Crippen LogP contribution in [0.4, 0.5) is 0 Å². The molecule has 0 N–H and O–H groups in total. The van der Waals surface area contributed by atoms with Crippen molar-refractivity contribution in [3.05, 3.63) is 17.7 Å². The van der Waals surface area contributed by atoms with E-state index in [2.05, 4.69) is 23.1 Å². The van der Waals surface area contributed by atoms with Crippen LogP contribution in [0, 0.1) is 0 Å². The zero-order valence-corrected chi connectivity index (χ0v) is 11.3. The van der Waals surface area contributed by atoms with Crippen LogP contribution in [0.25, 0.3) is 0 Å². The van der Waals surface area contributed by atoms with Crippen LogP contribution in [-0.4, -0.2) is 30.5 Å². The molecule has 0 unspecified atom stereocenters. The highest BCUT2D eigenvalue weighted by Crippen LogP contribution is 2.39. The Balaban J connectivity index is 3.10. The second-order valence-corrected chi connectivity index (χ2v) is 3.87. The van der Waals surface area contributed by atoms with Gasteiger partial charge in [0.1, 0.15) is 5.75 Å². The summed E-state index contributed by atoms with van der Waals surface area (Å²) in [6, 6.07) is 3.82. The molecule has 87 valence electrons. The highest BCUT2D eigenvalue weighted by atomic mass is 32.1. The lowest BCUT2D eigenvalue weighted by molar-refractivity contribution is 0.342. The average molecular weight is 255 g/mol. The van der Waals surface area contributed by atoms with Gasteiger partial charge in [0.25, 0.3) is 0 Å². The topological polar surface area (TPSA) is 27.7 Å². The maximum absolute atomic E-state index is 5.36. The molecule has 16 heavy (non-hydrogen) atoms. The monoisotopic (exact) mass is 255 g/mol. The molecule has 0 fully saturated rings. The first-order chi connectivity index (χ1) is 7.78. The summed E-state index contributed by atoms with van der Waals surface area (Å²) in [6.07, 6.45) is 1.90. The normalized spacial score (nSPS) is 10.0. The van der Waals surface area contributed by atoms with Gasteiger partial charge in [-0.2, -0.15) is 12.6 Å². The Kier molecular flexibility index (Phi) is 5.55. The Bertz CT molecular complexity index is 344. The molecule has 0 aliphatic heterocycles. The molecule has 0 bridgehead atoms. The first kappa shape index (κ1) is 13.3. The number of aryl methyl sites for hydroxylation is 1. The lowest BCUT2D eigenvalue weighted by Gasteiger charge is -2.15. The molecule has 1 aromatic rings. The van der Waals surface area contributed by atoms with Crippen molar-refractivity contribution in [2.45, 2.75) is 12.8 Å². The van der Waals surface area contributed by atoms with Gasteiger partial charge in [-0.15, -0.1) is 0 Å². The van der Waals surface area contributed by atoms with Crippen LogP contribution >= 0.6 is 12.6 Å². The van der Waals surface area contributed by atoms with Crippen molar-refractivity contribution in [1.82, 2.24) is 0 Å². The predicted molar refractivity (Wildman–Crippen MR) is 68.1 cm³/mol. The van der Waals surface area contributed by atoms with Crippen LogP contribution in [0.1, 0.15) is 12.0 Å². The third kappa shape index (κ3) is 2.86. The first-order valence-corrected chi connectivity index (χ1v) is 6.00. The molecule has 0 spiro atoms. The number of hydrogen-bond acceptors (Lipinski definition) is 4. The minimum absolute atomic E-state index is 0.602. The average Bonchev–Trinajstić information content (AvgIpc) is 2.34. The lowest BCUT2D eigenvalue weighted by atomic mass is 10.1. The fourth-order valence-electron chi connectivity index (χ4n) is 1.55. The van der Waals surface area contributed by atoms with Gasteiger partial charge in [0.05, 0.1) is 14.2 Å². The maximum Gasteiger partial charge on any atom is 0.341 e. The van der Waals surface area contributed by atoms with Gasteiger partial charge in [-0.1, -0.05) is 6.07 Å². The Morgan fingerprint density at radius 3 is 2.38 bits per heavy atom. The van der Waals surface area contributed by atoms with E-state index in [1.165, 1.54) is 0 Å². The van der Waals surface area contributed by atoms with Crippen molar-refractivity contribution in [3.63, 3.8) is 0 Å². The number of ether oxygens (including phenoxy) is 2. The van der Waals surface area contributed by atoms with Gasteiger partial charge in [-0.3, -0.25) is 0 Å². The van der Waals surface area contributed by atoms with E-state index in [4.69, 9.17) is 13.9 Å². The largest absolute Gasteiger partial charge is 0.538 e. The van der Waals surface area contributed by atoms with Crippen LogP contribution in [0.2, 0.25) is 0 Å². The molecular formula is C11H15O3SSi. The second-order valence-electron chi connectivity index (χ2n) is 3.22. The number of benzene rings is 1. The second kappa shape index (κ2) is 6.70. The van der Waals surface area contributed by atoms with Crippen LogP contribution in [0.15, 0.2) is 12.1 Å². The van der Waals surface area contributed by atoms with Gasteiger partial charge in [0.2, 0.25) is 5.75 Å². The van der Waals surface area contributed by atoms with Crippen LogP contribution < -0.4 is 13.9 Å². The van der Waals surface area contributed by atoms with Crippen molar-refractivity contribution in [2.24, 2.45) is 0 Å². The van der Waals surface area contributed by atoms with Gasteiger partial charge in [-0.05, 0) is 30.2 Å². The van der Waals surface area contributed by atoms with E-state index in [9.17, 15) is 0 Å². The summed E-state index contributed by atoms with van der Waals surface area (Å²) < 4.78 is 15.7. The third-order valence-corrected chi connectivity index (χ3v) is 2.82. The molecule has 0 atom stereocenters. The van der Waals surface area contributed by atoms with Crippen LogP contribution in [-0.2, 0) is 6.42 Å². The quantitative estimate of drug-likeness (QED) is 0.622. The van der Waals surface area contributed by atoms with Gasteiger partial charge in [-0.25, -0.2) is 0 Å². The molecule has 0 amide bonds. The maximum atomic E-state index is 5.36. The van der Waals surface area contributed by atoms with E-state index in [1.54, 1.807) is 14.2 Å². The van der Waals surface area contributed by atoms with Crippen molar-refractivity contribution >= 4 is 23.1 Å². The standard InChI is InChI=1S/C11H15O3SSi/c1-12-10-8(4-3-7-15)5-6-9(14-16)11(10)13-2/h5-6,15H,3-4,7H2,1-2H3. The molecule has 5 heteroatoms. The first-order valence-electron chi connectivity index (χ1n) is 4.96. The van der Waals surface area contributed by atoms with E-state index in [0.29, 0.717) is 11.5 Å². The van der Waals surface area contributed by atoms with E-state index < -0.39 is 0 Å². The molecule has 0 heterocycles. The third-order valence-electron chi connectivity index (χ3n) is 2.28. The summed E-state index contributed by atoms with van der Waals surface area (Å²) in [5.74, 6) is 2.78. The highest BCUT2D eigenvalue weighted by molar-refractivity contribution is 7.80. The molecule has 1 rings (SSSR count). The molecule has 3 nitrogen and oxygen atoms in total. The Morgan fingerprint density at radius 2 is 1.88 bits per heavy atom. The van der Waals surface area contributed by atoms with Gasteiger partial charge in [0, 0.05) is 0 Å². The predicted octanol–water partition coefficient (Wildman–Crippen LogP) is 2.03. The van der Waals surface area contributed by atoms with Gasteiger partial charge >= 0.3 is 10.5 Å². The molecule has 0 saturated heterocycles. The number of methoxy groups -OCH3 is 2. The molecule has 0 aliphatic carbocycles. The minimum atomic E-state index is 0.602. The molecule has 0 saturated carbocycles. The van der Waals surface area contributed by atoms with Gasteiger partial charge in [0.15, 0.2) is 5.75 Å². The zero-order chi connectivity index (χ0) is 12.0. The van der Waals surface area contributed by atoms with Crippen LogP contribution in [0.5, 0.6) is 17.2 Å². The molecule has 0 aromatic heterocycles. The van der Waals surface area contributed by atoms with Gasteiger partial charge < -0.3 is 13.9 Å². The molecular weight excluding hydrogens is 240 g/mol. The van der Waals surface area contributed by atoms with Crippen LogP contribution in [0.3, 0.4) is 0 Å². The van der Waals surface area contributed by atoms with E-state index in [1.807, 2.05) is 12.1 Å². The molecule has 1 aromatic carbocycles. The Hall–Kier alpha value is -0.813. The minimum Gasteiger partial charge on any atom is -0.538 e. The fourth-order valence-corrected chi connectivity index (χ4v) is 1.87. The molecule has 3 radical (unpaired) electrons. The highest BCUT2D eigenvalue weighted by Gasteiger charge is 2.14. The summed E-state index contributed by atoms with van der Waals surface area (Å²) in [4.78, 5) is 0. The summed E-state index contributed by atoms with van der Waals surface area (Å²) >= 11 is 4.20. The fraction of sp³-hybridized carbons (Fsp3) is 0.455.